The van der Waals surface area contributed by atoms with Gasteiger partial charge in [-0.25, -0.2) is 4.98 Å². The number of aromatic nitrogens is 1. The van der Waals surface area contributed by atoms with Gasteiger partial charge in [-0.15, -0.1) is 11.3 Å². The molecule has 0 aliphatic carbocycles. The average Bonchev–Trinajstić information content (AvgIpc) is 3.10. The summed E-state index contributed by atoms with van der Waals surface area (Å²) in [4.78, 5) is 5.59. The smallest absolute Gasteiger partial charge is 0.236 e. The molecule has 3 rings (SSSR count). The normalized spacial score (nSPS) is 10.7. The molecule has 0 saturated carbocycles. The van der Waals surface area contributed by atoms with Crippen molar-refractivity contribution in [1.29, 1.82) is 0 Å². The van der Waals surface area contributed by atoms with Crippen LogP contribution in [-0.2, 0) is 6.42 Å². The van der Waals surface area contributed by atoms with Gasteiger partial charge in [0.15, 0.2) is 0 Å². The summed E-state index contributed by atoms with van der Waals surface area (Å²) in [6.45, 7) is 2.52. The lowest BCUT2D eigenvalue weighted by Gasteiger charge is -2.03. The van der Waals surface area contributed by atoms with Gasteiger partial charge in [0.2, 0.25) is 5.89 Å². The minimum Gasteiger partial charge on any atom is -0.493 e. The van der Waals surface area contributed by atoms with Gasteiger partial charge in [-0.3, -0.25) is 0 Å². The van der Waals surface area contributed by atoms with Crippen molar-refractivity contribution in [3.05, 3.63) is 59.3 Å². The van der Waals surface area contributed by atoms with Crippen molar-refractivity contribution < 1.29 is 9.15 Å². The number of benzene rings is 1. The Morgan fingerprint density at radius 2 is 2.30 bits per heavy atom. The van der Waals surface area contributed by atoms with Crippen molar-refractivity contribution >= 4 is 11.3 Å². The van der Waals surface area contributed by atoms with Crippen molar-refractivity contribution in [1.82, 2.24) is 4.98 Å². The highest BCUT2D eigenvalue weighted by Gasteiger charge is 2.11. The second-order valence-corrected chi connectivity index (χ2v) is 5.28. The molecular weight excluding hydrogens is 270 g/mol. The van der Waals surface area contributed by atoms with Crippen molar-refractivity contribution in [2.75, 3.05) is 6.61 Å². The van der Waals surface area contributed by atoms with Crippen molar-refractivity contribution in [2.45, 2.75) is 13.3 Å². The zero-order valence-electron chi connectivity index (χ0n) is 11.1. The molecule has 1 aromatic carbocycles. The molecule has 3 aromatic rings. The standard InChI is InChI=1S/C16H14NO2S/c1-12-14(9-10-18-13-6-3-2-4-7-13)17-16(19-12)15-8-5-11-20-15/h2-3,5-8,11H,9-10H2,1H3. The number of nitrogens with zero attached hydrogens (tertiary/aromatic N) is 1. The minimum atomic E-state index is 0.578. The van der Waals surface area contributed by atoms with Gasteiger partial charge in [0.05, 0.1) is 17.2 Å². The van der Waals surface area contributed by atoms with Gasteiger partial charge in [-0.2, -0.15) is 0 Å². The fourth-order valence-electron chi connectivity index (χ4n) is 1.90. The van der Waals surface area contributed by atoms with Crippen molar-refractivity contribution in [2.24, 2.45) is 0 Å². The summed E-state index contributed by atoms with van der Waals surface area (Å²) in [6, 6.07) is 14.5. The molecule has 0 unspecified atom stereocenters. The highest BCUT2D eigenvalue weighted by Crippen LogP contribution is 2.26. The van der Waals surface area contributed by atoms with Gasteiger partial charge in [0.25, 0.3) is 0 Å². The number of ether oxygens (including phenoxy) is 1. The lowest BCUT2D eigenvalue weighted by Crippen LogP contribution is -2.02. The van der Waals surface area contributed by atoms with Crippen LogP contribution in [0, 0.1) is 13.0 Å². The predicted octanol–water partition coefficient (Wildman–Crippen LogP) is 4.13. The Morgan fingerprint density at radius 1 is 1.35 bits per heavy atom. The molecule has 2 heterocycles. The highest BCUT2D eigenvalue weighted by atomic mass is 32.1. The van der Waals surface area contributed by atoms with E-state index in [0.29, 0.717) is 12.5 Å². The minimum absolute atomic E-state index is 0.578. The van der Waals surface area contributed by atoms with E-state index in [1.807, 2.05) is 48.7 Å². The molecule has 20 heavy (non-hydrogen) atoms. The maximum Gasteiger partial charge on any atom is 0.236 e. The maximum atomic E-state index is 5.70. The molecule has 2 aromatic heterocycles. The largest absolute Gasteiger partial charge is 0.493 e. The first-order valence-corrected chi connectivity index (χ1v) is 7.30. The fourth-order valence-corrected chi connectivity index (χ4v) is 2.55. The van der Waals surface area contributed by atoms with Gasteiger partial charge in [-0.1, -0.05) is 18.2 Å². The Labute approximate surface area is 121 Å². The third-order valence-electron chi connectivity index (χ3n) is 2.91. The zero-order valence-corrected chi connectivity index (χ0v) is 11.9. The van der Waals surface area contributed by atoms with Gasteiger partial charge in [-0.05, 0) is 36.6 Å². The van der Waals surface area contributed by atoms with Gasteiger partial charge >= 0.3 is 0 Å². The molecule has 0 spiro atoms. The van der Waals surface area contributed by atoms with E-state index in [-0.39, 0.29) is 0 Å². The monoisotopic (exact) mass is 284 g/mol. The molecule has 0 atom stereocenters. The van der Waals surface area contributed by atoms with E-state index in [0.717, 1.165) is 28.5 Å². The van der Waals surface area contributed by atoms with Gasteiger partial charge < -0.3 is 9.15 Å². The molecule has 0 aliphatic rings. The molecule has 101 valence electrons. The number of aryl methyl sites for hydroxylation is 1. The number of rotatable bonds is 5. The van der Waals surface area contributed by atoms with Crippen LogP contribution in [0.4, 0.5) is 0 Å². The molecule has 3 nitrogen and oxygen atoms in total. The first-order chi connectivity index (χ1) is 9.83. The Morgan fingerprint density at radius 3 is 3.05 bits per heavy atom. The lowest BCUT2D eigenvalue weighted by molar-refractivity contribution is 0.320. The Hall–Kier alpha value is -2.07. The summed E-state index contributed by atoms with van der Waals surface area (Å²) >= 11 is 1.63. The van der Waals surface area contributed by atoms with E-state index in [9.17, 15) is 0 Å². The number of hydrogen-bond donors (Lipinski definition) is 0. The molecule has 0 amide bonds. The van der Waals surface area contributed by atoms with Crippen LogP contribution in [0.3, 0.4) is 0 Å². The van der Waals surface area contributed by atoms with Crippen LogP contribution < -0.4 is 4.74 Å². The molecule has 0 bridgehead atoms. The van der Waals surface area contributed by atoms with E-state index >= 15 is 0 Å². The maximum absolute atomic E-state index is 5.70. The second kappa shape index (κ2) is 5.92. The van der Waals surface area contributed by atoms with Gasteiger partial charge in [0.1, 0.15) is 11.5 Å². The molecular formula is C16H14NO2S. The molecule has 4 heteroatoms. The van der Waals surface area contributed by atoms with Crippen LogP contribution in [0.25, 0.3) is 10.8 Å². The second-order valence-electron chi connectivity index (χ2n) is 4.34. The van der Waals surface area contributed by atoms with Crippen LogP contribution in [0.1, 0.15) is 11.5 Å². The number of hydrogen-bond acceptors (Lipinski definition) is 4. The van der Waals surface area contributed by atoms with Crippen LogP contribution in [0.15, 0.2) is 46.2 Å². The van der Waals surface area contributed by atoms with E-state index in [1.165, 1.54) is 0 Å². The Kier molecular flexibility index (Phi) is 3.83. The van der Waals surface area contributed by atoms with Crippen molar-refractivity contribution in [3.63, 3.8) is 0 Å². The predicted molar refractivity (Wildman–Crippen MR) is 79.0 cm³/mol. The van der Waals surface area contributed by atoms with E-state index in [4.69, 9.17) is 9.15 Å². The summed E-state index contributed by atoms with van der Waals surface area (Å²) in [6.07, 6.45) is 0.732. The zero-order chi connectivity index (χ0) is 13.8. The third kappa shape index (κ3) is 2.91. The van der Waals surface area contributed by atoms with Crippen LogP contribution >= 0.6 is 11.3 Å². The Balaban J connectivity index is 1.63. The van der Waals surface area contributed by atoms with E-state index in [2.05, 4.69) is 11.1 Å². The first kappa shape index (κ1) is 12.9. The molecule has 0 N–H and O–H groups in total. The Bertz CT molecular complexity index is 659. The van der Waals surface area contributed by atoms with Gasteiger partial charge in [0, 0.05) is 6.42 Å². The van der Waals surface area contributed by atoms with Crippen LogP contribution in [0.5, 0.6) is 5.75 Å². The van der Waals surface area contributed by atoms with Crippen LogP contribution in [-0.4, -0.2) is 11.6 Å². The molecule has 0 saturated heterocycles. The molecule has 0 aliphatic heterocycles. The molecule has 0 fully saturated rings. The number of oxazole rings is 1. The lowest BCUT2D eigenvalue weighted by atomic mass is 10.3. The highest BCUT2D eigenvalue weighted by molar-refractivity contribution is 7.13. The average molecular weight is 284 g/mol. The topological polar surface area (TPSA) is 35.3 Å². The summed E-state index contributed by atoms with van der Waals surface area (Å²) in [5, 5.41) is 2.02. The third-order valence-corrected chi connectivity index (χ3v) is 3.77. The van der Waals surface area contributed by atoms with E-state index in [1.54, 1.807) is 11.3 Å². The first-order valence-electron chi connectivity index (χ1n) is 6.42. The summed E-state index contributed by atoms with van der Waals surface area (Å²) < 4.78 is 11.4. The molecule has 1 radical (unpaired) electrons. The summed E-state index contributed by atoms with van der Waals surface area (Å²) in [5.74, 6) is 2.38. The fraction of sp³-hybridized carbons (Fsp3) is 0.188. The van der Waals surface area contributed by atoms with Crippen molar-refractivity contribution in [3.8, 4) is 16.5 Å². The number of thiophene rings is 1. The quantitative estimate of drug-likeness (QED) is 0.706. The van der Waals surface area contributed by atoms with E-state index < -0.39 is 0 Å². The van der Waals surface area contributed by atoms with Crippen LogP contribution in [0.2, 0.25) is 0 Å². The summed E-state index contributed by atoms with van der Waals surface area (Å²) in [5.41, 5.74) is 0.952. The summed E-state index contributed by atoms with van der Waals surface area (Å²) in [7, 11) is 0. The SMILES string of the molecule is Cc1oc(-c2cccs2)nc1CCOc1c[c]ccc1.